The SMILES string of the molecule is CNC(=O)c1ccc(NC(=O)c2ccc(C(F)(F)F)nc2C)cc1. The third kappa shape index (κ3) is 3.89. The number of hydrogen-bond donors (Lipinski definition) is 2. The van der Waals surface area contributed by atoms with Gasteiger partial charge in [-0.05, 0) is 43.3 Å². The molecule has 2 rings (SSSR count). The molecular formula is C16H14F3N3O2. The van der Waals surface area contributed by atoms with E-state index in [0.717, 1.165) is 12.1 Å². The van der Waals surface area contributed by atoms with E-state index in [4.69, 9.17) is 0 Å². The number of benzene rings is 1. The van der Waals surface area contributed by atoms with Crippen molar-refractivity contribution in [3.05, 3.63) is 58.9 Å². The van der Waals surface area contributed by atoms with E-state index in [2.05, 4.69) is 15.6 Å². The largest absolute Gasteiger partial charge is 0.433 e. The molecule has 1 aromatic heterocycles. The van der Waals surface area contributed by atoms with Gasteiger partial charge < -0.3 is 10.6 Å². The van der Waals surface area contributed by atoms with E-state index in [-0.39, 0.29) is 17.2 Å². The Hall–Kier alpha value is -2.90. The van der Waals surface area contributed by atoms with Crippen molar-refractivity contribution < 1.29 is 22.8 Å². The highest BCUT2D eigenvalue weighted by Crippen LogP contribution is 2.28. The predicted octanol–water partition coefficient (Wildman–Crippen LogP) is 3.02. The lowest BCUT2D eigenvalue weighted by molar-refractivity contribution is -0.141. The first-order valence-electron chi connectivity index (χ1n) is 6.90. The molecular weight excluding hydrogens is 323 g/mol. The van der Waals surface area contributed by atoms with Crippen LogP contribution in [0.1, 0.15) is 32.1 Å². The second-order valence-electron chi connectivity index (χ2n) is 4.94. The summed E-state index contributed by atoms with van der Waals surface area (Å²) in [6, 6.07) is 7.93. The van der Waals surface area contributed by atoms with E-state index in [1.54, 1.807) is 0 Å². The summed E-state index contributed by atoms with van der Waals surface area (Å²) in [6.07, 6.45) is -4.56. The van der Waals surface area contributed by atoms with Crippen LogP contribution in [0.15, 0.2) is 36.4 Å². The Labute approximate surface area is 135 Å². The Bertz CT molecular complexity index is 771. The van der Waals surface area contributed by atoms with Crippen molar-refractivity contribution in [1.29, 1.82) is 0 Å². The number of amides is 2. The van der Waals surface area contributed by atoms with Crippen molar-refractivity contribution in [2.75, 3.05) is 12.4 Å². The molecule has 0 radical (unpaired) electrons. The molecule has 2 amide bonds. The summed E-state index contributed by atoms with van der Waals surface area (Å²) in [5, 5.41) is 5.02. The zero-order chi connectivity index (χ0) is 17.9. The van der Waals surface area contributed by atoms with Crippen molar-refractivity contribution in [3.8, 4) is 0 Å². The minimum atomic E-state index is -4.56. The maximum atomic E-state index is 12.6. The zero-order valence-electron chi connectivity index (χ0n) is 12.9. The van der Waals surface area contributed by atoms with Gasteiger partial charge in [-0.3, -0.25) is 9.59 Å². The first kappa shape index (κ1) is 17.5. The third-order valence-electron chi connectivity index (χ3n) is 3.25. The fourth-order valence-corrected chi connectivity index (χ4v) is 2.01. The number of aromatic nitrogens is 1. The van der Waals surface area contributed by atoms with Crippen molar-refractivity contribution in [3.63, 3.8) is 0 Å². The molecule has 1 heterocycles. The number of halogens is 3. The van der Waals surface area contributed by atoms with Crippen LogP contribution >= 0.6 is 0 Å². The molecule has 0 spiro atoms. The molecule has 0 atom stereocenters. The molecule has 1 aromatic carbocycles. The van der Waals surface area contributed by atoms with E-state index in [1.165, 1.54) is 38.2 Å². The standard InChI is InChI=1S/C16H14F3N3O2/c1-9-12(7-8-13(21-9)16(17,18)19)15(24)22-11-5-3-10(4-6-11)14(23)20-2/h3-8H,1-2H3,(H,20,23)(H,22,24). The Morgan fingerprint density at radius 2 is 1.62 bits per heavy atom. The van der Waals surface area contributed by atoms with E-state index >= 15 is 0 Å². The number of pyridine rings is 1. The zero-order valence-corrected chi connectivity index (χ0v) is 12.9. The normalized spacial score (nSPS) is 11.0. The Kier molecular flexibility index (Phi) is 4.87. The highest BCUT2D eigenvalue weighted by molar-refractivity contribution is 6.05. The van der Waals surface area contributed by atoms with Crippen molar-refractivity contribution in [1.82, 2.24) is 10.3 Å². The lowest BCUT2D eigenvalue weighted by Gasteiger charge is -2.11. The van der Waals surface area contributed by atoms with Crippen LogP contribution in [-0.4, -0.2) is 23.8 Å². The third-order valence-corrected chi connectivity index (χ3v) is 3.25. The summed E-state index contributed by atoms with van der Waals surface area (Å²) in [7, 11) is 1.50. The molecule has 24 heavy (non-hydrogen) atoms. The maximum absolute atomic E-state index is 12.6. The molecule has 0 bridgehead atoms. The molecule has 0 saturated heterocycles. The molecule has 2 N–H and O–H groups in total. The van der Waals surface area contributed by atoms with E-state index < -0.39 is 17.8 Å². The Balaban J connectivity index is 2.16. The average molecular weight is 337 g/mol. The first-order valence-corrected chi connectivity index (χ1v) is 6.90. The van der Waals surface area contributed by atoms with Crippen LogP contribution in [0.25, 0.3) is 0 Å². The molecule has 126 valence electrons. The summed E-state index contributed by atoms with van der Waals surface area (Å²) in [4.78, 5) is 27.0. The van der Waals surface area contributed by atoms with Gasteiger partial charge in [-0.2, -0.15) is 13.2 Å². The molecule has 5 nitrogen and oxygen atoms in total. The number of anilines is 1. The van der Waals surface area contributed by atoms with Gasteiger partial charge in [-0.1, -0.05) is 0 Å². The van der Waals surface area contributed by atoms with Gasteiger partial charge in [0.05, 0.1) is 11.3 Å². The second kappa shape index (κ2) is 6.69. The fourth-order valence-electron chi connectivity index (χ4n) is 2.01. The van der Waals surface area contributed by atoms with Crippen molar-refractivity contribution in [2.45, 2.75) is 13.1 Å². The summed E-state index contributed by atoms with van der Waals surface area (Å²) in [5.74, 6) is -0.850. The number of nitrogens with one attached hydrogen (secondary N) is 2. The van der Waals surface area contributed by atoms with E-state index in [9.17, 15) is 22.8 Å². The summed E-state index contributed by atoms with van der Waals surface area (Å²) >= 11 is 0. The monoisotopic (exact) mass is 337 g/mol. The second-order valence-corrected chi connectivity index (χ2v) is 4.94. The molecule has 0 aliphatic carbocycles. The minimum Gasteiger partial charge on any atom is -0.355 e. The lowest BCUT2D eigenvalue weighted by atomic mass is 10.1. The maximum Gasteiger partial charge on any atom is 0.433 e. The van der Waals surface area contributed by atoms with Crippen LogP contribution in [0, 0.1) is 6.92 Å². The Morgan fingerprint density at radius 1 is 1.00 bits per heavy atom. The molecule has 8 heteroatoms. The topological polar surface area (TPSA) is 71.1 Å². The molecule has 0 aliphatic heterocycles. The molecule has 0 aliphatic rings. The summed E-state index contributed by atoms with van der Waals surface area (Å²) < 4.78 is 37.8. The fraction of sp³-hybridized carbons (Fsp3) is 0.188. The van der Waals surface area contributed by atoms with E-state index in [0.29, 0.717) is 11.3 Å². The number of nitrogens with zero attached hydrogens (tertiary/aromatic N) is 1. The number of hydrogen-bond acceptors (Lipinski definition) is 3. The van der Waals surface area contributed by atoms with Crippen LogP contribution in [0.2, 0.25) is 0 Å². The smallest absolute Gasteiger partial charge is 0.355 e. The van der Waals surface area contributed by atoms with Gasteiger partial charge in [0.15, 0.2) is 0 Å². The van der Waals surface area contributed by atoms with Crippen LogP contribution < -0.4 is 10.6 Å². The van der Waals surface area contributed by atoms with Crippen LogP contribution in [0.5, 0.6) is 0 Å². The van der Waals surface area contributed by atoms with Gasteiger partial charge in [0.2, 0.25) is 0 Å². The molecule has 2 aromatic rings. The van der Waals surface area contributed by atoms with Crippen LogP contribution in [0.3, 0.4) is 0 Å². The minimum absolute atomic E-state index is 0.0238. The van der Waals surface area contributed by atoms with Crippen molar-refractivity contribution >= 4 is 17.5 Å². The predicted molar refractivity (Wildman–Crippen MR) is 81.8 cm³/mol. The van der Waals surface area contributed by atoms with Gasteiger partial charge in [-0.15, -0.1) is 0 Å². The molecule has 0 saturated carbocycles. The van der Waals surface area contributed by atoms with Gasteiger partial charge in [-0.25, -0.2) is 4.98 Å². The number of carbonyl (C=O) groups is 2. The van der Waals surface area contributed by atoms with Crippen molar-refractivity contribution in [2.24, 2.45) is 0 Å². The summed E-state index contributed by atoms with van der Waals surface area (Å²) in [6.45, 7) is 1.33. The highest BCUT2D eigenvalue weighted by atomic mass is 19.4. The number of alkyl halides is 3. The van der Waals surface area contributed by atoms with Gasteiger partial charge >= 0.3 is 6.18 Å². The molecule has 0 fully saturated rings. The number of rotatable bonds is 3. The van der Waals surface area contributed by atoms with Gasteiger partial charge in [0.1, 0.15) is 5.69 Å². The summed E-state index contributed by atoms with van der Waals surface area (Å²) in [5.41, 5.74) is -0.205. The van der Waals surface area contributed by atoms with Crippen LogP contribution in [-0.2, 0) is 6.18 Å². The molecule has 0 unspecified atom stereocenters. The first-order chi connectivity index (χ1) is 11.2. The lowest BCUT2D eigenvalue weighted by Crippen LogP contribution is -2.18. The van der Waals surface area contributed by atoms with E-state index in [1.807, 2.05) is 0 Å². The average Bonchev–Trinajstić information content (AvgIpc) is 2.53. The van der Waals surface area contributed by atoms with Gasteiger partial charge in [0.25, 0.3) is 11.8 Å². The number of aryl methyl sites for hydroxylation is 1. The number of carbonyl (C=O) groups excluding carboxylic acids is 2. The quantitative estimate of drug-likeness (QED) is 0.904. The van der Waals surface area contributed by atoms with Crippen LogP contribution in [0.4, 0.5) is 18.9 Å². The van der Waals surface area contributed by atoms with Gasteiger partial charge in [0, 0.05) is 18.3 Å². The Morgan fingerprint density at radius 3 is 2.12 bits per heavy atom. The highest BCUT2D eigenvalue weighted by Gasteiger charge is 2.33.